The van der Waals surface area contributed by atoms with E-state index in [4.69, 9.17) is 0 Å². The fourth-order valence-electron chi connectivity index (χ4n) is 1.35. The number of hydrogen-bond acceptors (Lipinski definition) is 4. The molecule has 5 nitrogen and oxygen atoms in total. The minimum Gasteiger partial charge on any atom is -0.195 e. The molecule has 3 rings (SSSR count). The second-order valence-electron chi connectivity index (χ2n) is 2.71. The molecule has 13 heavy (non-hydrogen) atoms. The van der Waals surface area contributed by atoms with Crippen LogP contribution in [0.2, 0.25) is 0 Å². The summed E-state index contributed by atoms with van der Waals surface area (Å²) in [6.07, 6.45) is 0. The second kappa shape index (κ2) is 2.22. The van der Waals surface area contributed by atoms with E-state index in [1.54, 1.807) is 0 Å². The van der Waals surface area contributed by atoms with Crippen LogP contribution in [0.1, 0.15) is 0 Å². The van der Waals surface area contributed by atoms with Gasteiger partial charge in [-0.3, -0.25) is 0 Å². The van der Waals surface area contributed by atoms with Crippen LogP contribution in [0.4, 0.5) is 0 Å². The lowest BCUT2D eigenvalue weighted by molar-refractivity contribution is 0.903. The van der Waals surface area contributed by atoms with E-state index in [1.807, 2.05) is 24.3 Å². The van der Waals surface area contributed by atoms with Gasteiger partial charge in [-0.2, -0.15) is 10.3 Å². The minimum absolute atomic E-state index is 0.608. The van der Waals surface area contributed by atoms with Gasteiger partial charge in [0, 0.05) is 0 Å². The zero-order chi connectivity index (χ0) is 8.67. The lowest BCUT2D eigenvalue weighted by atomic mass is 10.3. The summed E-state index contributed by atoms with van der Waals surface area (Å²) in [5.74, 6) is 0. The molecule has 0 aliphatic heterocycles. The first-order chi connectivity index (χ1) is 6.45. The van der Waals surface area contributed by atoms with E-state index in [0.29, 0.717) is 5.65 Å². The van der Waals surface area contributed by atoms with Crippen LogP contribution in [-0.2, 0) is 0 Å². The minimum atomic E-state index is 0.608. The largest absolute Gasteiger partial charge is 0.207 e. The first-order valence-corrected chi connectivity index (χ1v) is 3.87. The van der Waals surface area contributed by atoms with Gasteiger partial charge in [-0.05, 0) is 12.1 Å². The molecule has 0 saturated carbocycles. The van der Waals surface area contributed by atoms with Gasteiger partial charge in [0.1, 0.15) is 0 Å². The number of nitrogens with zero attached hydrogens (tertiary/aromatic N) is 4. The van der Waals surface area contributed by atoms with Crippen LogP contribution in [0, 0.1) is 0 Å². The summed E-state index contributed by atoms with van der Waals surface area (Å²) < 4.78 is 0. The molecule has 0 bridgehead atoms. The summed E-state index contributed by atoms with van der Waals surface area (Å²) in [5.41, 5.74) is 2.26. The van der Waals surface area contributed by atoms with Crippen molar-refractivity contribution in [1.82, 2.24) is 25.6 Å². The molecule has 0 atom stereocenters. The standard InChI is InChI=1S/C8H5N5/c1-2-4-6-7-5(3-1)9-11-8(7)12-13-10-6/h1-4,13H. The molecule has 0 fully saturated rings. The third-order valence-corrected chi connectivity index (χ3v) is 1.93. The van der Waals surface area contributed by atoms with E-state index < -0.39 is 0 Å². The average Bonchev–Trinajstić information content (AvgIpc) is 2.44. The van der Waals surface area contributed by atoms with Crippen LogP contribution in [0.15, 0.2) is 24.3 Å². The van der Waals surface area contributed by atoms with Crippen LogP contribution in [-0.4, -0.2) is 25.6 Å². The Kier molecular flexibility index (Phi) is 1.11. The molecular formula is C8H5N5. The van der Waals surface area contributed by atoms with Crippen LogP contribution in [0.3, 0.4) is 0 Å². The van der Waals surface area contributed by atoms with E-state index in [-0.39, 0.29) is 0 Å². The van der Waals surface area contributed by atoms with Crippen molar-refractivity contribution >= 4 is 22.1 Å². The van der Waals surface area contributed by atoms with Gasteiger partial charge < -0.3 is 0 Å². The zero-order valence-corrected chi connectivity index (χ0v) is 6.60. The van der Waals surface area contributed by atoms with Crippen LogP contribution in [0.5, 0.6) is 0 Å². The summed E-state index contributed by atoms with van der Waals surface area (Å²) in [5, 5.41) is 19.3. The second-order valence-corrected chi connectivity index (χ2v) is 2.71. The third-order valence-electron chi connectivity index (χ3n) is 1.93. The molecule has 0 spiro atoms. The molecule has 1 N–H and O–H groups in total. The maximum absolute atomic E-state index is 4.03. The fourth-order valence-corrected chi connectivity index (χ4v) is 1.35. The summed E-state index contributed by atoms with van der Waals surface area (Å²) >= 11 is 0. The monoisotopic (exact) mass is 171 g/mol. The number of H-pyrrole nitrogens is 1. The lowest BCUT2D eigenvalue weighted by Crippen LogP contribution is -1.86. The van der Waals surface area contributed by atoms with Gasteiger partial charge >= 0.3 is 0 Å². The quantitative estimate of drug-likeness (QED) is 0.545. The summed E-state index contributed by atoms with van der Waals surface area (Å²) in [4.78, 5) is 0. The van der Waals surface area contributed by atoms with Gasteiger partial charge in [-0.1, -0.05) is 12.1 Å². The van der Waals surface area contributed by atoms with Crippen molar-refractivity contribution in [2.24, 2.45) is 0 Å². The Hall–Kier alpha value is -2.04. The lowest BCUT2D eigenvalue weighted by Gasteiger charge is -1.87. The van der Waals surface area contributed by atoms with Crippen molar-refractivity contribution in [3.05, 3.63) is 24.3 Å². The molecular weight excluding hydrogens is 166 g/mol. The van der Waals surface area contributed by atoms with Crippen molar-refractivity contribution < 1.29 is 0 Å². The van der Waals surface area contributed by atoms with Crippen LogP contribution < -0.4 is 0 Å². The Morgan fingerprint density at radius 1 is 0.923 bits per heavy atom. The highest BCUT2D eigenvalue weighted by Gasteiger charge is 2.05. The van der Waals surface area contributed by atoms with E-state index >= 15 is 0 Å². The predicted molar refractivity (Wildman–Crippen MR) is 47.0 cm³/mol. The van der Waals surface area contributed by atoms with E-state index in [0.717, 1.165) is 16.4 Å². The SMILES string of the molecule is c1ccc2n[nH]nc3nnc(c1)c23. The Morgan fingerprint density at radius 3 is 2.69 bits per heavy atom. The maximum atomic E-state index is 4.03. The molecule has 0 amide bonds. The van der Waals surface area contributed by atoms with Gasteiger partial charge in [-0.25, -0.2) is 0 Å². The maximum Gasteiger partial charge on any atom is 0.207 e. The number of rotatable bonds is 0. The molecule has 0 saturated heterocycles. The Labute approximate surface area is 72.8 Å². The number of aromatic amines is 1. The molecule has 2 heterocycles. The molecule has 5 heteroatoms. The van der Waals surface area contributed by atoms with Crippen molar-refractivity contribution in [1.29, 1.82) is 0 Å². The molecule has 0 unspecified atom stereocenters. The average molecular weight is 171 g/mol. The first-order valence-electron chi connectivity index (χ1n) is 3.87. The normalized spacial score (nSPS) is 11.1. The zero-order valence-electron chi connectivity index (χ0n) is 6.60. The van der Waals surface area contributed by atoms with Crippen molar-refractivity contribution in [3.8, 4) is 0 Å². The molecule has 2 aromatic heterocycles. The Balaban J connectivity index is 2.75. The van der Waals surface area contributed by atoms with Crippen LogP contribution in [0.25, 0.3) is 22.1 Å². The van der Waals surface area contributed by atoms with Gasteiger partial charge in [0.05, 0.1) is 16.4 Å². The molecule has 1 aromatic carbocycles. The van der Waals surface area contributed by atoms with E-state index in [9.17, 15) is 0 Å². The summed E-state index contributed by atoms with van der Waals surface area (Å²) in [7, 11) is 0. The smallest absolute Gasteiger partial charge is 0.195 e. The Morgan fingerprint density at radius 2 is 1.77 bits per heavy atom. The summed E-state index contributed by atoms with van der Waals surface area (Å²) in [6, 6.07) is 7.62. The highest BCUT2D eigenvalue weighted by molar-refractivity contribution is 6.02. The van der Waals surface area contributed by atoms with E-state index in [1.165, 1.54) is 0 Å². The first kappa shape index (κ1) is 6.47. The topological polar surface area (TPSA) is 67.3 Å². The highest BCUT2D eigenvalue weighted by atomic mass is 15.3. The van der Waals surface area contributed by atoms with E-state index in [2.05, 4.69) is 25.6 Å². The Bertz CT molecular complexity index is 571. The van der Waals surface area contributed by atoms with Crippen LogP contribution >= 0.6 is 0 Å². The number of aromatic nitrogens is 5. The molecule has 0 aliphatic rings. The van der Waals surface area contributed by atoms with Crippen molar-refractivity contribution in [3.63, 3.8) is 0 Å². The molecule has 0 radical (unpaired) electrons. The molecule has 0 aliphatic carbocycles. The van der Waals surface area contributed by atoms with Crippen molar-refractivity contribution in [2.45, 2.75) is 0 Å². The van der Waals surface area contributed by atoms with Gasteiger partial charge in [0.2, 0.25) is 5.65 Å². The predicted octanol–water partition coefficient (Wildman–Crippen LogP) is 0.901. The molecule has 62 valence electrons. The van der Waals surface area contributed by atoms with Gasteiger partial charge in [0.15, 0.2) is 0 Å². The number of hydrogen-bond donors (Lipinski definition) is 1. The number of nitrogens with one attached hydrogen (secondary N) is 1. The van der Waals surface area contributed by atoms with Crippen molar-refractivity contribution in [2.75, 3.05) is 0 Å². The fraction of sp³-hybridized carbons (Fsp3) is 0. The van der Waals surface area contributed by atoms with Gasteiger partial charge in [-0.15, -0.1) is 15.3 Å². The third kappa shape index (κ3) is 0.807. The highest BCUT2D eigenvalue weighted by Crippen LogP contribution is 2.17. The van der Waals surface area contributed by atoms with Gasteiger partial charge in [0.25, 0.3) is 0 Å². The molecule has 3 aromatic rings. The summed E-state index contributed by atoms with van der Waals surface area (Å²) in [6.45, 7) is 0.